The molecule has 2 aliphatic rings. The number of aliphatic hydroxyl groups is 1. The molecular formula is C18H25N5O3. The molecule has 2 fully saturated rings. The van der Waals surface area contributed by atoms with Crippen molar-refractivity contribution in [2.24, 2.45) is 11.1 Å². The third-order valence-electron chi connectivity index (χ3n) is 6.05. The number of likely N-dealkylation sites (tertiary alicyclic amines) is 1. The Balaban J connectivity index is 1.47. The van der Waals surface area contributed by atoms with Crippen molar-refractivity contribution < 1.29 is 14.6 Å². The van der Waals surface area contributed by atoms with E-state index in [9.17, 15) is 9.90 Å². The van der Waals surface area contributed by atoms with E-state index in [2.05, 4.69) is 10.1 Å². The summed E-state index contributed by atoms with van der Waals surface area (Å²) in [6, 6.07) is 1.81. The largest absolute Gasteiger partial charge is 0.392 e. The molecule has 0 aromatic carbocycles. The van der Waals surface area contributed by atoms with E-state index in [1.807, 2.05) is 17.9 Å². The Kier molecular flexibility index (Phi) is 4.42. The molecule has 1 saturated carbocycles. The fourth-order valence-electron chi connectivity index (χ4n) is 4.32. The van der Waals surface area contributed by atoms with Crippen LogP contribution >= 0.6 is 0 Å². The van der Waals surface area contributed by atoms with Crippen molar-refractivity contribution in [3.05, 3.63) is 29.7 Å². The molecule has 1 amide bonds. The quantitative estimate of drug-likeness (QED) is 0.817. The van der Waals surface area contributed by atoms with Crippen molar-refractivity contribution >= 4 is 11.6 Å². The Labute approximate surface area is 151 Å². The van der Waals surface area contributed by atoms with E-state index in [4.69, 9.17) is 10.5 Å². The SMILES string of the molecule is Cc1c(C(=O)N2CCC3(CC2)[C@@H](O)C[C@H]3OCCN)cnc2ccnn12. The van der Waals surface area contributed by atoms with Gasteiger partial charge in [-0.05, 0) is 19.8 Å². The molecule has 0 radical (unpaired) electrons. The molecule has 1 spiro atoms. The van der Waals surface area contributed by atoms with E-state index in [-0.39, 0.29) is 23.5 Å². The number of fused-ring (bicyclic) bond motifs is 1. The summed E-state index contributed by atoms with van der Waals surface area (Å²) < 4.78 is 7.51. The fourth-order valence-corrected chi connectivity index (χ4v) is 4.32. The molecule has 1 aliphatic carbocycles. The van der Waals surface area contributed by atoms with Gasteiger partial charge < -0.3 is 20.5 Å². The lowest BCUT2D eigenvalue weighted by molar-refractivity contribution is -0.207. The summed E-state index contributed by atoms with van der Waals surface area (Å²) >= 11 is 0. The molecule has 1 aliphatic heterocycles. The molecule has 8 heteroatoms. The standard InChI is InChI=1S/C18H25N5O3/c1-12-13(11-20-16-2-6-21-23(12)16)17(25)22-7-3-18(4-8-22)14(24)10-15(18)26-9-5-19/h2,6,11,14-15,24H,3-5,7-10,19H2,1H3/t14-,15+/m0/s1. The van der Waals surface area contributed by atoms with Crippen LogP contribution in [-0.4, -0.2) is 69.0 Å². The Morgan fingerprint density at radius 1 is 1.46 bits per heavy atom. The summed E-state index contributed by atoms with van der Waals surface area (Å²) in [5, 5.41) is 14.6. The van der Waals surface area contributed by atoms with Crippen LogP contribution in [0.25, 0.3) is 5.65 Å². The molecule has 3 N–H and O–H groups in total. The number of ether oxygens (including phenoxy) is 1. The number of carbonyl (C=O) groups is 1. The van der Waals surface area contributed by atoms with Gasteiger partial charge in [-0.25, -0.2) is 9.50 Å². The van der Waals surface area contributed by atoms with Crippen molar-refractivity contribution in [2.75, 3.05) is 26.2 Å². The second-order valence-electron chi connectivity index (χ2n) is 7.28. The number of nitrogens with two attached hydrogens (primary N) is 1. The molecule has 2 aromatic heterocycles. The van der Waals surface area contributed by atoms with E-state index in [1.54, 1.807) is 16.9 Å². The van der Waals surface area contributed by atoms with Gasteiger partial charge >= 0.3 is 0 Å². The number of carbonyl (C=O) groups excluding carboxylic acids is 1. The molecule has 4 rings (SSSR count). The third kappa shape index (κ3) is 2.60. The van der Waals surface area contributed by atoms with Gasteiger partial charge in [0.25, 0.3) is 5.91 Å². The van der Waals surface area contributed by atoms with Gasteiger partial charge in [0.05, 0.1) is 36.3 Å². The molecule has 2 atom stereocenters. The molecule has 2 aromatic rings. The maximum absolute atomic E-state index is 13.0. The normalized spacial score (nSPS) is 24.8. The van der Waals surface area contributed by atoms with E-state index in [1.165, 1.54) is 0 Å². The minimum atomic E-state index is -0.355. The molecule has 1 saturated heterocycles. The second-order valence-corrected chi connectivity index (χ2v) is 7.28. The van der Waals surface area contributed by atoms with Gasteiger partial charge in [0.1, 0.15) is 0 Å². The van der Waals surface area contributed by atoms with Gasteiger partial charge in [0.15, 0.2) is 5.65 Å². The summed E-state index contributed by atoms with van der Waals surface area (Å²) in [4.78, 5) is 19.1. The first-order valence-corrected chi connectivity index (χ1v) is 9.15. The van der Waals surface area contributed by atoms with Gasteiger partial charge in [-0.3, -0.25) is 4.79 Å². The lowest BCUT2D eigenvalue weighted by atomic mass is 9.58. The molecule has 3 heterocycles. The molecule has 8 nitrogen and oxygen atoms in total. The average Bonchev–Trinajstić information content (AvgIpc) is 3.14. The Hall–Kier alpha value is -2.03. The molecular weight excluding hydrogens is 334 g/mol. The monoisotopic (exact) mass is 359 g/mol. The summed E-state index contributed by atoms with van der Waals surface area (Å²) in [5.74, 6) is -0.0320. The van der Waals surface area contributed by atoms with Crippen molar-refractivity contribution in [3.8, 4) is 0 Å². The number of aryl methyl sites for hydroxylation is 1. The number of hydrogen-bond donors (Lipinski definition) is 2. The topological polar surface area (TPSA) is 106 Å². The number of rotatable bonds is 4. The zero-order valence-electron chi connectivity index (χ0n) is 15.0. The average molecular weight is 359 g/mol. The van der Waals surface area contributed by atoms with Crippen LogP contribution in [0.4, 0.5) is 0 Å². The summed E-state index contributed by atoms with van der Waals surface area (Å²) in [7, 11) is 0. The smallest absolute Gasteiger partial charge is 0.257 e. The molecule has 0 bridgehead atoms. The van der Waals surface area contributed by atoms with E-state index < -0.39 is 0 Å². The minimum Gasteiger partial charge on any atom is -0.392 e. The van der Waals surface area contributed by atoms with E-state index in [0.29, 0.717) is 38.2 Å². The summed E-state index contributed by atoms with van der Waals surface area (Å²) in [6.45, 7) is 4.09. The number of aliphatic hydroxyl groups excluding tert-OH is 1. The zero-order chi connectivity index (χ0) is 18.3. The molecule has 140 valence electrons. The fraction of sp³-hybridized carbons (Fsp3) is 0.611. The van der Waals surface area contributed by atoms with Crippen LogP contribution in [0.3, 0.4) is 0 Å². The van der Waals surface area contributed by atoms with Crippen LogP contribution < -0.4 is 5.73 Å². The number of nitrogens with zero attached hydrogens (tertiary/aromatic N) is 4. The highest BCUT2D eigenvalue weighted by Crippen LogP contribution is 2.51. The predicted octanol–water partition coefficient (Wildman–Crippen LogP) is 0.369. The molecule has 26 heavy (non-hydrogen) atoms. The number of piperidine rings is 1. The van der Waals surface area contributed by atoms with Crippen molar-refractivity contribution in [1.82, 2.24) is 19.5 Å². The van der Waals surface area contributed by atoms with Crippen molar-refractivity contribution in [1.29, 1.82) is 0 Å². The van der Waals surface area contributed by atoms with Crippen LogP contribution in [0, 0.1) is 12.3 Å². The zero-order valence-corrected chi connectivity index (χ0v) is 15.0. The van der Waals surface area contributed by atoms with Crippen LogP contribution in [0.1, 0.15) is 35.3 Å². The lowest BCUT2D eigenvalue weighted by Gasteiger charge is -2.56. The van der Waals surface area contributed by atoms with E-state index in [0.717, 1.165) is 24.2 Å². The highest BCUT2D eigenvalue weighted by Gasteiger charge is 2.56. The Morgan fingerprint density at radius 3 is 2.92 bits per heavy atom. The van der Waals surface area contributed by atoms with Crippen LogP contribution in [0.15, 0.2) is 18.5 Å². The molecule has 0 unspecified atom stereocenters. The number of hydrogen-bond acceptors (Lipinski definition) is 6. The first kappa shape index (κ1) is 17.4. The van der Waals surface area contributed by atoms with Crippen molar-refractivity contribution in [3.63, 3.8) is 0 Å². The van der Waals surface area contributed by atoms with Gasteiger partial charge in [-0.15, -0.1) is 0 Å². The van der Waals surface area contributed by atoms with Crippen molar-refractivity contribution in [2.45, 2.75) is 38.4 Å². The second kappa shape index (κ2) is 6.61. The van der Waals surface area contributed by atoms with Gasteiger partial charge in [-0.2, -0.15) is 5.10 Å². The Morgan fingerprint density at radius 2 is 2.23 bits per heavy atom. The Bertz CT molecular complexity index is 812. The predicted molar refractivity (Wildman–Crippen MR) is 94.7 cm³/mol. The first-order valence-electron chi connectivity index (χ1n) is 9.15. The highest BCUT2D eigenvalue weighted by atomic mass is 16.5. The number of aromatic nitrogens is 3. The van der Waals surface area contributed by atoms with Crippen LogP contribution in [0.5, 0.6) is 0 Å². The van der Waals surface area contributed by atoms with Crippen LogP contribution in [-0.2, 0) is 4.74 Å². The first-order chi connectivity index (χ1) is 12.6. The minimum absolute atomic E-state index is 0.0320. The van der Waals surface area contributed by atoms with Gasteiger partial charge in [0.2, 0.25) is 0 Å². The summed E-state index contributed by atoms with van der Waals surface area (Å²) in [5.41, 5.74) is 7.39. The van der Waals surface area contributed by atoms with Gasteiger partial charge in [-0.1, -0.05) is 0 Å². The lowest BCUT2D eigenvalue weighted by Crippen LogP contribution is -2.63. The third-order valence-corrected chi connectivity index (χ3v) is 6.05. The highest BCUT2D eigenvalue weighted by molar-refractivity contribution is 5.95. The van der Waals surface area contributed by atoms with Crippen LogP contribution in [0.2, 0.25) is 0 Å². The maximum atomic E-state index is 13.0. The van der Waals surface area contributed by atoms with E-state index >= 15 is 0 Å². The summed E-state index contributed by atoms with van der Waals surface area (Å²) in [6.07, 6.45) is 5.14. The number of amides is 1. The maximum Gasteiger partial charge on any atom is 0.257 e. The van der Waals surface area contributed by atoms with Gasteiger partial charge in [0, 0.05) is 43.7 Å².